The van der Waals surface area contributed by atoms with Crippen molar-refractivity contribution in [3.05, 3.63) is 29.8 Å². The molecule has 0 saturated carbocycles. The lowest BCUT2D eigenvalue weighted by Crippen LogP contribution is -2.43. The van der Waals surface area contributed by atoms with Gasteiger partial charge in [-0.25, -0.2) is 4.79 Å². The predicted octanol–water partition coefficient (Wildman–Crippen LogP) is 1.10. The van der Waals surface area contributed by atoms with Crippen LogP contribution in [0.4, 0.5) is 0 Å². The third kappa shape index (κ3) is 3.51. The van der Waals surface area contributed by atoms with Gasteiger partial charge in [0.1, 0.15) is 11.8 Å². The topological polar surface area (TPSA) is 79.6 Å². The summed E-state index contributed by atoms with van der Waals surface area (Å²) >= 11 is 0. The van der Waals surface area contributed by atoms with Gasteiger partial charge in [-0.1, -0.05) is 0 Å². The highest BCUT2D eigenvalue weighted by Crippen LogP contribution is 2.19. The van der Waals surface area contributed by atoms with Crippen molar-refractivity contribution in [1.29, 1.82) is 5.26 Å². The molecule has 1 aliphatic rings. The van der Waals surface area contributed by atoms with Gasteiger partial charge in [-0.2, -0.15) is 5.26 Å². The summed E-state index contributed by atoms with van der Waals surface area (Å²) in [5, 5.41) is 8.70. The Morgan fingerprint density at radius 3 is 2.71 bits per heavy atom. The Labute approximate surface area is 122 Å². The van der Waals surface area contributed by atoms with Gasteiger partial charge in [0.25, 0.3) is 5.91 Å². The zero-order valence-electron chi connectivity index (χ0n) is 11.7. The lowest BCUT2D eigenvalue weighted by atomic mass is 10.2. The highest BCUT2D eigenvalue weighted by Gasteiger charge is 2.34. The smallest absolute Gasteiger partial charge is 0.328 e. The molecule has 1 aliphatic heterocycles. The third-order valence-electron chi connectivity index (χ3n) is 3.39. The van der Waals surface area contributed by atoms with Crippen LogP contribution in [0, 0.1) is 11.3 Å². The van der Waals surface area contributed by atoms with Crippen molar-refractivity contribution in [2.75, 3.05) is 20.3 Å². The van der Waals surface area contributed by atoms with Crippen molar-refractivity contribution in [3.8, 4) is 11.8 Å². The molecule has 1 saturated heterocycles. The first-order valence-electron chi connectivity index (χ1n) is 6.66. The number of hydrogen-bond donors (Lipinski definition) is 0. The number of carbonyl (C=O) groups is 2. The Morgan fingerprint density at radius 1 is 1.38 bits per heavy atom. The van der Waals surface area contributed by atoms with E-state index in [1.807, 2.05) is 6.07 Å². The molecule has 0 N–H and O–H groups in total. The highest BCUT2D eigenvalue weighted by atomic mass is 16.5. The first-order chi connectivity index (χ1) is 10.2. The van der Waals surface area contributed by atoms with Gasteiger partial charge in [0, 0.05) is 6.54 Å². The van der Waals surface area contributed by atoms with E-state index in [4.69, 9.17) is 14.7 Å². The fourth-order valence-corrected chi connectivity index (χ4v) is 2.30. The molecule has 0 radical (unpaired) electrons. The fraction of sp³-hybridized carbons (Fsp3) is 0.400. The maximum atomic E-state index is 12.1. The van der Waals surface area contributed by atoms with Crippen LogP contribution < -0.4 is 4.74 Å². The molecule has 1 atom stereocenters. The molecule has 1 aromatic rings. The average Bonchev–Trinajstić information content (AvgIpc) is 3.02. The van der Waals surface area contributed by atoms with Gasteiger partial charge >= 0.3 is 5.97 Å². The summed E-state index contributed by atoms with van der Waals surface area (Å²) in [6.45, 7) is 0.398. The van der Waals surface area contributed by atoms with Crippen molar-refractivity contribution < 1.29 is 19.1 Å². The SMILES string of the molecule is COC(=O)C1CCCN1C(=O)COc1ccc(C#N)cc1. The maximum Gasteiger partial charge on any atom is 0.328 e. The summed E-state index contributed by atoms with van der Waals surface area (Å²) in [4.78, 5) is 25.2. The number of hydrogen-bond acceptors (Lipinski definition) is 5. The number of likely N-dealkylation sites (tertiary alicyclic amines) is 1. The summed E-state index contributed by atoms with van der Waals surface area (Å²) in [6, 6.07) is 8.00. The van der Waals surface area contributed by atoms with E-state index >= 15 is 0 Å². The molecule has 0 spiro atoms. The molecule has 6 heteroatoms. The number of rotatable bonds is 4. The van der Waals surface area contributed by atoms with Gasteiger partial charge in [0.2, 0.25) is 0 Å². The van der Waals surface area contributed by atoms with Crippen LogP contribution in [0.15, 0.2) is 24.3 Å². The van der Waals surface area contributed by atoms with Crippen LogP contribution in [-0.2, 0) is 14.3 Å². The largest absolute Gasteiger partial charge is 0.484 e. The summed E-state index contributed by atoms with van der Waals surface area (Å²) in [5.41, 5.74) is 0.527. The minimum absolute atomic E-state index is 0.139. The van der Waals surface area contributed by atoms with E-state index in [1.54, 1.807) is 24.3 Å². The van der Waals surface area contributed by atoms with Crippen LogP contribution >= 0.6 is 0 Å². The van der Waals surface area contributed by atoms with Crippen LogP contribution in [0.3, 0.4) is 0 Å². The van der Waals surface area contributed by atoms with Crippen LogP contribution in [0.5, 0.6) is 5.75 Å². The van der Waals surface area contributed by atoms with Gasteiger partial charge in [-0.3, -0.25) is 4.79 Å². The molecule has 0 aromatic heterocycles. The monoisotopic (exact) mass is 288 g/mol. The Balaban J connectivity index is 1.91. The van der Waals surface area contributed by atoms with Gasteiger partial charge in [0.05, 0.1) is 18.7 Å². The fourth-order valence-electron chi connectivity index (χ4n) is 2.30. The average molecular weight is 288 g/mol. The first kappa shape index (κ1) is 14.9. The standard InChI is InChI=1S/C15H16N2O4/c1-20-15(19)13-3-2-8-17(13)14(18)10-21-12-6-4-11(9-16)5-7-12/h4-7,13H,2-3,8,10H2,1H3. The molecular weight excluding hydrogens is 272 g/mol. The third-order valence-corrected chi connectivity index (χ3v) is 3.39. The Kier molecular flexibility index (Phi) is 4.77. The highest BCUT2D eigenvalue weighted by molar-refractivity contribution is 5.85. The van der Waals surface area contributed by atoms with E-state index in [1.165, 1.54) is 12.0 Å². The Hall–Kier alpha value is -2.55. The van der Waals surface area contributed by atoms with Crippen molar-refractivity contribution in [3.63, 3.8) is 0 Å². The molecular formula is C15H16N2O4. The van der Waals surface area contributed by atoms with Crippen molar-refractivity contribution >= 4 is 11.9 Å². The van der Waals surface area contributed by atoms with E-state index < -0.39 is 6.04 Å². The van der Waals surface area contributed by atoms with E-state index in [2.05, 4.69) is 0 Å². The molecule has 0 aliphatic carbocycles. The van der Waals surface area contributed by atoms with Crippen molar-refractivity contribution in [2.24, 2.45) is 0 Å². The van der Waals surface area contributed by atoms with Crippen molar-refractivity contribution in [1.82, 2.24) is 4.90 Å². The van der Waals surface area contributed by atoms with Crippen LogP contribution in [0.1, 0.15) is 18.4 Å². The summed E-state index contributed by atoms with van der Waals surface area (Å²) in [7, 11) is 1.32. The molecule has 1 amide bonds. The number of amides is 1. The number of carbonyl (C=O) groups excluding carboxylic acids is 2. The lowest BCUT2D eigenvalue weighted by Gasteiger charge is -2.22. The quantitative estimate of drug-likeness (QED) is 0.775. The van der Waals surface area contributed by atoms with Gasteiger partial charge < -0.3 is 14.4 Å². The number of nitriles is 1. The zero-order chi connectivity index (χ0) is 15.2. The van der Waals surface area contributed by atoms with Gasteiger partial charge in [-0.15, -0.1) is 0 Å². The maximum absolute atomic E-state index is 12.1. The van der Waals surface area contributed by atoms with E-state index in [-0.39, 0.29) is 18.5 Å². The summed E-state index contributed by atoms with van der Waals surface area (Å²) < 4.78 is 10.1. The molecule has 21 heavy (non-hydrogen) atoms. The van der Waals surface area contributed by atoms with E-state index in [0.29, 0.717) is 24.3 Å². The van der Waals surface area contributed by atoms with Gasteiger partial charge in [-0.05, 0) is 37.1 Å². The van der Waals surface area contributed by atoms with Gasteiger partial charge in [0.15, 0.2) is 6.61 Å². The number of ether oxygens (including phenoxy) is 2. The van der Waals surface area contributed by atoms with Crippen LogP contribution in [-0.4, -0.2) is 43.1 Å². The summed E-state index contributed by atoms with van der Waals surface area (Å²) in [6.07, 6.45) is 1.40. The molecule has 1 fully saturated rings. The lowest BCUT2D eigenvalue weighted by molar-refractivity contribution is -0.151. The minimum Gasteiger partial charge on any atom is -0.484 e. The zero-order valence-corrected chi connectivity index (χ0v) is 11.7. The van der Waals surface area contributed by atoms with E-state index in [0.717, 1.165) is 6.42 Å². The van der Waals surface area contributed by atoms with Crippen LogP contribution in [0.2, 0.25) is 0 Å². The normalized spacial score (nSPS) is 17.1. The molecule has 2 rings (SSSR count). The second-order valence-electron chi connectivity index (χ2n) is 4.69. The second kappa shape index (κ2) is 6.75. The van der Waals surface area contributed by atoms with E-state index in [9.17, 15) is 9.59 Å². The van der Waals surface area contributed by atoms with Crippen LogP contribution in [0.25, 0.3) is 0 Å². The molecule has 1 aromatic carbocycles. The summed E-state index contributed by atoms with van der Waals surface area (Å²) in [5.74, 6) is -0.123. The Morgan fingerprint density at radius 2 is 2.10 bits per heavy atom. The van der Waals surface area contributed by atoms with Crippen molar-refractivity contribution in [2.45, 2.75) is 18.9 Å². The second-order valence-corrected chi connectivity index (χ2v) is 4.69. The molecule has 1 unspecified atom stereocenters. The number of benzene rings is 1. The minimum atomic E-state index is -0.507. The first-order valence-corrected chi connectivity index (χ1v) is 6.66. The number of methoxy groups -OCH3 is 1. The number of nitrogens with zero attached hydrogens (tertiary/aromatic N) is 2. The molecule has 1 heterocycles. The Bertz CT molecular complexity index is 562. The predicted molar refractivity (Wildman–Crippen MR) is 73.4 cm³/mol. The molecule has 0 bridgehead atoms. The molecule has 6 nitrogen and oxygen atoms in total. The number of esters is 1. The molecule has 110 valence electrons.